The highest BCUT2D eigenvalue weighted by molar-refractivity contribution is 7.22. The normalized spacial score (nSPS) is 15.7. The van der Waals surface area contributed by atoms with Crippen LogP contribution in [0.4, 0.5) is 5.13 Å². The molecule has 3 heterocycles. The number of nitrogens with one attached hydrogen (secondary N) is 1. The molecule has 3 aromatic rings. The number of carbonyl (C=O) groups excluding carboxylic acids is 1. The van der Waals surface area contributed by atoms with Gasteiger partial charge in [-0.2, -0.15) is 5.10 Å². The molecule has 4 rings (SSSR count). The molecule has 0 atom stereocenters. The van der Waals surface area contributed by atoms with Crippen LogP contribution in [-0.2, 0) is 7.05 Å². The lowest BCUT2D eigenvalue weighted by atomic mass is 10.1. The van der Waals surface area contributed by atoms with Gasteiger partial charge < -0.3 is 10.2 Å². The van der Waals surface area contributed by atoms with Crippen molar-refractivity contribution in [3.05, 3.63) is 41.2 Å². The highest BCUT2D eigenvalue weighted by Crippen LogP contribution is 2.33. The number of carbonyl (C=O) groups is 1. The number of hydrogen-bond donors (Lipinski definition) is 1. The Bertz CT molecular complexity index is 913. The van der Waals surface area contributed by atoms with Crippen molar-refractivity contribution in [2.75, 3.05) is 18.0 Å². The summed E-state index contributed by atoms with van der Waals surface area (Å²) in [5.74, 6) is -0.0571. The first kappa shape index (κ1) is 16.4. The Morgan fingerprint density at radius 3 is 2.84 bits per heavy atom. The minimum atomic E-state index is -0.0571. The Hall–Kier alpha value is -2.12. The van der Waals surface area contributed by atoms with Crippen LogP contribution >= 0.6 is 22.9 Å². The van der Waals surface area contributed by atoms with Crippen LogP contribution < -0.4 is 10.2 Å². The van der Waals surface area contributed by atoms with E-state index >= 15 is 0 Å². The first-order chi connectivity index (χ1) is 12.1. The zero-order valence-electron chi connectivity index (χ0n) is 13.8. The van der Waals surface area contributed by atoms with Crippen molar-refractivity contribution < 1.29 is 4.79 Å². The van der Waals surface area contributed by atoms with Crippen LogP contribution in [0, 0.1) is 0 Å². The van der Waals surface area contributed by atoms with E-state index in [9.17, 15) is 4.79 Å². The van der Waals surface area contributed by atoms with Crippen LogP contribution in [0.15, 0.2) is 30.6 Å². The average molecular weight is 376 g/mol. The van der Waals surface area contributed by atoms with Gasteiger partial charge >= 0.3 is 0 Å². The van der Waals surface area contributed by atoms with Crippen molar-refractivity contribution >= 4 is 44.2 Å². The van der Waals surface area contributed by atoms with Crippen molar-refractivity contribution in [3.8, 4) is 0 Å². The highest BCUT2D eigenvalue weighted by atomic mass is 35.5. The number of halogens is 1. The zero-order chi connectivity index (χ0) is 17.4. The van der Waals surface area contributed by atoms with Crippen LogP contribution in [0.2, 0.25) is 5.02 Å². The maximum Gasteiger partial charge on any atom is 0.254 e. The summed E-state index contributed by atoms with van der Waals surface area (Å²) < 4.78 is 2.74. The standard InChI is InChI=1S/C17H18ClN5OS/c1-22-10-11(9-19-22)16(24)20-12-5-7-23(8-6-12)17-21-15-13(18)3-2-4-14(15)25-17/h2-4,9-10,12H,5-8H2,1H3,(H,20,24). The minimum absolute atomic E-state index is 0.0571. The van der Waals surface area contributed by atoms with E-state index in [-0.39, 0.29) is 11.9 Å². The second-order valence-electron chi connectivity index (χ2n) is 6.22. The Morgan fingerprint density at radius 1 is 1.36 bits per heavy atom. The summed E-state index contributed by atoms with van der Waals surface area (Å²) >= 11 is 7.89. The molecule has 1 saturated heterocycles. The molecule has 130 valence electrons. The maximum absolute atomic E-state index is 12.2. The summed E-state index contributed by atoms with van der Waals surface area (Å²) in [6, 6.07) is 6.05. The Kier molecular flexibility index (Phi) is 4.35. The fourth-order valence-electron chi connectivity index (χ4n) is 3.06. The van der Waals surface area contributed by atoms with Crippen molar-refractivity contribution in [2.24, 2.45) is 7.05 Å². The molecule has 1 aliphatic rings. The average Bonchev–Trinajstić information content (AvgIpc) is 3.23. The number of aryl methyl sites for hydroxylation is 1. The lowest BCUT2D eigenvalue weighted by Crippen LogP contribution is -2.44. The van der Waals surface area contributed by atoms with Gasteiger partial charge in [-0.3, -0.25) is 9.48 Å². The molecule has 0 spiro atoms. The second kappa shape index (κ2) is 6.65. The number of rotatable bonds is 3. The van der Waals surface area contributed by atoms with Crippen LogP contribution in [-0.4, -0.2) is 39.8 Å². The van der Waals surface area contributed by atoms with Crippen molar-refractivity contribution in [2.45, 2.75) is 18.9 Å². The Labute approximate surface area is 154 Å². The van der Waals surface area contributed by atoms with Gasteiger partial charge in [-0.25, -0.2) is 4.98 Å². The number of aromatic nitrogens is 3. The number of hydrogen-bond acceptors (Lipinski definition) is 5. The SMILES string of the molecule is Cn1cc(C(=O)NC2CCN(c3nc4c(Cl)cccc4s3)CC2)cn1. The predicted octanol–water partition coefficient (Wildman–Crippen LogP) is 3.08. The first-order valence-corrected chi connectivity index (χ1v) is 9.39. The molecule has 1 amide bonds. The topological polar surface area (TPSA) is 63.1 Å². The Morgan fingerprint density at radius 2 is 2.16 bits per heavy atom. The number of para-hydroxylation sites is 1. The van der Waals surface area contributed by atoms with Gasteiger partial charge in [0.1, 0.15) is 5.52 Å². The Balaban J connectivity index is 1.39. The van der Waals surface area contributed by atoms with E-state index in [1.807, 2.05) is 18.2 Å². The van der Waals surface area contributed by atoms with Crippen molar-refractivity contribution in [3.63, 3.8) is 0 Å². The number of amides is 1. The number of fused-ring (bicyclic) bond motifs is 1. The lowest BCUT2D eigenvalue weighted by molar-refractivity contribution is 0.0931. The molecule has 1 fully saturated rings. The molecular formula is C17H18ClN5OS. The van der Waals surface area contributed by atoms with Crippen molar-refractivity contribution in [1.29, 1.82) is 0 Å². The smallest absolute Gasteiger partial charge is 0.254 e. The minimum Gasteiger partial charge on any atom is -0.349 e. The molecule has 0 saturated carbocycles. The number of nitrogens with zero attached hydrogens (tertiary/aromatic N) is 4. The molecule has 0 unspecified atom stereocenters. The third-order valence-corrected chi connectivity index (χ3v) is 5.81. The van der Waals surface area contributed by atoms with Gasteiger partial charge in [-0.1, -0.05) is 29.0 Å². The molecular weight excluding hydrogens is 358 g/mol. The third-order valence-electron chi connectivity index (χ3n) is 4.43. The molecule has 25 heavy (non-hydrogen) atoms. The molecule has 1 aliphatic heterocycles. The monoisotopic (exact) mass is 375 g/mol. The second-order valence-corrected chi connectivity index (χ2v) is 7.64. The summed E-state index contributed by atoms with van der Waals surface area (Å²) in [6.07, 6.45) is 5.12. The fourth-order valence-corrected chi connectivity index (χ4v) is 4.38. The van der Waals surface area contributed by atoms with E-state index in [1.165, 1.54) is 0 Å². The van der Waals surface area contributed by atoms with Gasteiger partial charge in [0.2, 0.25) is 0 Å². The van der Waals surface area contributed by atoms with E-state index in [0.717, 1.165) is 41.3 Å². The van der Waals surface area contributed by atoms with E-state index in [0.29, 0.717) is 10.6 Å². The van der Waals surface area contributed by atoms with Gasteiger partial charge in [-0.15, -0.1) is 0 Å². The van der Waals surface area contributed by atoms with Crippen LogP contribution in [0.25, 0.3) is 10.2 Å². The van der Waals surface area contributed by atoms with Gasteiger partial charge in [0.25, 0.3) is 5.91 Å². The van der Waals surface area contributed by atoms with Gasteiger partial charge in [0, 0.05) is 32.4 Å². The molecule has 0 bridgehead atoms. The summed E-state index contributed by atoms with van der Waals surface area (Å²) in [5, 5.41) is 8.83. The molecule has 8 heteroatoms. The van der Waals surface area contributed by atoms with E-state index in [4.69, 9.17) is 11.6 Å². The molecule has 1 aromatic carbocycles. The number of thiazole rings is 1. The third kappa shape index (κ3) is 3.34. The number of anilines is 1. The first-order valence-electron chi connectivity index (χ1n) is 8.19. The number of benzene rings is 1. The van der Waals surface area contributed by atoms with Crippen molar-refractivity contribution in [1.82, 2.24) is 20.1 Å². The largest absolute Gasteiger partial charge is 0.349 e. The van der Waals surface area contributed by atoms with Crippen LogP contribution in [0.3, 0.4) is 0 Å². The quantitative estimate of drug-likeness (QED) is 0.764. The molecule has 0 radical (unpaired) electrons. The van der Waals surface area contributed by atoms with E-state index in [2.05, 4.69) is 20.3 Å². The van der Waals surface area contributed by atoms with E-state index in [1.54, 1.807) is 35.5 Å². The van der Waals surface area contributed by atoms with Gasteiger partial charge in [0.15, 0.2) is 5.13 Å². The molecule has 6 nitrogen and oxygen atoms in total. The van der Waals surface area contributed by atoms with Crippen LogP contribution in [0.5, 0.6) is 0 Å². The summed E-state index contributed by atoms with van der Waals surface area (Å²) in [4.78, 5) is 19.2. The summed E-state index contributed by atoms with van der Waals surface area (Å²) in [6.45, 7) is 1.74. The maximum atomic E-state index is 12.2. The molecule has 0 aliphatic carbocycles. The van der Waals surface area contributed by atoms with Gasteiger partial charge in [-0.05, 0) is 25.0 Å². The van der Waals surface area contributed by atoms with E-state index < -0.39 is 0 Å². The molecule has 1 N–H and O–H groups in total. The fraction of sp³-hybridized carbons (Fsp3) is 0.353. The van der Waals surface area contributed by atoms with Crippen LogP contribution in [0.1, 0.15) is 23.2 Å². The zero-order valence-corrected chi connectivity index (χ0v) is 15.3. The summed E-state index contributed by atoms with van der Waals surface area (Å²) in [5.41, 5.74) is 1.47. The number of piperidine rings is 1. The molecule has 2 aromatic heterocycles. The predicted molar refractivity (Wildman–Crippen MR) is 101 cm³/mol. The highest BCUT2D eigenvalue weighted by Gasteiger charge is 2.23. The lowest BCUT2D eigenvalue weighted by Gasteiger charge is -2.32. The summed E-state index contributed by atoms with van der Waals surface area (Å²) in [7, 11) is 1.81. The van der Waals surface area contributed by atoms with Gasteiger partial charge in [0.05, 0.1) is 21.5 Å².